The van der Waals surface area contributed by atoms with Crippen molar-refractivity contribution in [2.75, 3.05) is 13.6 Å². The number of carbonyl (C=O) groups is 1. The van der Waals surface area contributed by atoms with E-state index in [2.05, 4.69) is 5.92 Å². The second-order valence-corrected chi connectivity index (χ2v) is 3.34. The molecule has 0 aliphatic heterocycles. The van der Waals surface area contributed by atoms with Gasteiger partial charge in [-0.05, 0) is 6.07 Å². The predicted molar refractivity (Wildman–Crippen MR) is 56.5 cm³/mol. The van der Waals surface area contributed by atoms with Gasteiger partial charge < -0.3 is 4.90 Å². The van der Waals surface area contributed by atoms with Gasteiger partial charge in [-0.25, -0.2) is 8.78 Å². The van der Waals surface area contributed by atoms with E-state index < -0.39 is 11.6 Å². The van der Waals surface area contributed by atoms with Crippen molar-refractivity contribution in [3.8, 4) is 12.3 Å². The van der Waals surface area contributed by atoms with E-state index in [0.717, 1.165) is 6.07 Å². The summed E-state index contributed by atoms with van der Waals surface area (Å²) in [4.78, 5) is 12.8. The van der Waals surface area contributed by atoms with Crippen molar-refractivity contribution in [2.45, 2.75) is 6.42 Å². The van der Waals surface area contributed by atoms with Crippen LogP contribution in [0.4, 0.5) is 8.78 Å². The van der Waals surface area contributed by atoms with Gasteiger partial charge in [0.15, 0.2) is 11.6 Å². The van der Waals surface area contributed by atoms with Crippen LogP contribution in [0.1, 0.15) is 5.56 Å². The molecule has 0 spiro atoms. The Morgan fingerprint density at radius 2 is 2.19 bits per heavy atom. The van der Waals surface area contributed by atoms with Gasteiger partial charge in [0.05, 0.1) is 13.0 Å². The molecular formula is C12H11F2NO. The van der Waals surface area contributed by atoms with E-state index >= 15 is 0 Å². The zero-order valence-corrected chi connectivity index (χ0v) is 8.84. The van der Waals surface area contributed by atoms with Crippen molar-refractivity contribution in [1.82, 2.24) is 4.90 Å². The number of benzene rings is 1. The number of carbonyl (C=O) groups excluding carboxylic acids is 1. The number of hydrogen-bond acceptors (Lipinski definition) is 1. The molecule has 0 aromatic heterocycles. The maximum Gasteiger partial charge on any atom is 0.227 e. The molecule has 0 atom stereocenters. The summed E-state index contributed by atoms with van der Waals surface area (Å²) in [6.45, 7) is 0.149. The molecule has 1 rings (SSSR count). The van der Waals surface area contributed by atoms with Crippen molar-refractivity contribution in [2.24, 2.45) is 0 Å². The van der Waals surface area contributed by atoms with Gasteiger partial charge in [0.2, 0.25) is 5.91 Å². The van der Waals surface area contributed by atoms with Gasteiger partial charge in [-0.3, -0.25) is 4.79 Å². The molecule has 4 heteroatoms. The van der Waals surface area contributed by atoms with E-state index in [1.54, 1.807) is 0 Å². The molecule has 0 aliphatic carbocycles. The summed E-state index contributed by atoms with van der Waals surface area (Å²) in [7, 11) is 1.51. The number of rotatable bonds is 3. The topological polar surface area (TPSA) is 20.3 Å². The molecule has 0 bridgehead atoms. The molecular weight excluding hydrogens is 212 g/mol. The smallest absolute Gasteiger partial charge is 0.227 e. The molecule has 1 aromatic carbocycles. The van der Waals surface area contributed by atoms with Gasteiger partial charge in [0.25, 0.3) is 0 Å². The van der Waals surface area contributed by atoms with Gasteiger partial charge in [-0.15, -0.1) is 6.42 Å². The predicted octanol–water partition coefficient (Wildman–Crippen LogP) is 1.60. The first-order chi connectivity index (χ1) is 7.56. The Kier molecular flexibility index (Phi) is 4.01. The van der Waals surface area contributed by atoms with E-state index in [1.165, 1.54) is 24.1 Å². The summed E-state index contributed by atoms with van der Waals surface area (Å²) in [6, 6.07) is 3.75. The van der Waals surface area contributed by atoms with Crippen LogP contribution in [0.2, 0.25) is 0 Å². The van der Waals surface area contributed by atoms with Crippen molar-refractivity contribution < 1.29 is 13.6 Å². The summed E-state index contributed by atoms with van der Waals surface area (Å²) >= 11 is 0. The maximum absolute atomic E-state index is 13.2. The maximum atomic E-state index is 13.2. The van der Waals surface area contributed by atoms with Crippen LogP contribution in [0.25, 0.3) is 0 Å². The number of amides is 1. The number of nitrogens with zero attached hydrogens (tertiary/aromatic N) is 1. The van der Waals surface area contributed by atoms with Crippen LogP contribution in [-0.4, -0.2) is 24.4 Å². The second kappa shape index (κ2) is 5.26. The quantitative estimate of drug-likeness (QED) is 0.713. The Morgan fingerprint density at radius 1 is 1.50 bits per heavy atom. The van der Waals surface area contributed by atoms with E-state index in [9.17, 15) is 13.6 Å². The molecule has 1 aromatic rings. The van der Waals surface area contributed by atoms with Crippen LogP contribution in [0, 0.1) is 24.0 Å². The van der Waals surface area contributed by atoms with Gasteiger partial charge in [0.1, 0.15) is 0 Å². The van der Waals surface area contributed by atoms with Gasteiger partial charge in [-0.1, -0.05) is 18.1 Å². The summed E-state index contributed by atoms with van der Waals surface area (Å²) in [5.41, 5.74) is 0.0360. The molecule has 0 heterocycles. The Bertz CT molecular complexity index is 437. The minimum Gasteiger partial charge on any atom is -0.334 e. The minimum absolute atomic E-state index is 0.0360. The molecule has 16 heavy (non-hydrogen) atoms. The highest BCUT2D eigenvalue weighted by molar-refractivity contribution is 5.78. The molecule has 0 aliphatic rings. The van der Waals surface area contributed by atoms with Gasteiger partial charge in [0, 0.05) is 12.6 Å². The third-order valence-corrected chi connectivity index (χ3v) is 2.13. The van der Waals surface area contributed by atoms with E-state index in [0.29, 0.717) is 0 Å². The number of halogens is 2. The lowest BCUT2D eigenvalue weighted by atomic mass is 10.1. The van der Waals surface area contributed by atoms with Crippen LogP contribution in [0.3, 0.4) is 0 Å². The largest absolute Gasteiger partial charge is 0.334 e. The standard InChI is InChI=1S/C12H11F2NO/c1-3-7-15(2)11(16)8-9-5-4-6-10(13)12(9)14/h1,4-6H,7-8H2,2H3. The molecule has 0 radical (unpaired) electrons. The molecule has 0 saturated heterocycles. The first-order valence-corrected chi connectivity index (χ1v) is 4.66. The fourth-order valence-corrected chi connectivity index (χ4v) is 1.21. The fourth-order valence-electron chi connectivity index (χ4n) is 1.21. The molecule has 2 nitrogen and oxygen atoms in total. The molecule has 1 amide bonds. The molecule has 0 fully saturated rings. The van der Waals surface area contributed by atoms with Gasteiger partial charge in [-0.2, -0.15) is 0 Å². The van der Waals surface area contributed by atoms with Crippen LogP contribution >= 0.6 is 0 Å². The Labute approximate surface area is 92.9 Å². The first kappa shape index (κ1) is 12.2. The SMILES string of the molecule is C#CCN(C)C(=O)Cc1cccc(F)c1F. The summed E-state index contributed by atoms with van der Waals surface area (Å²) in [5, 5.41) is 0. The fraction of sp³-hybridized carbons (Fsp3) is 0.250. The number of likely N-dealkylation sites (N-methyl/N-ethyl adjacent to an activating group) is 1. The van der Waals surface area contributed by atoms with E-state index in [1.807, 2.05) is 0 Å². The Morgan fingerprint density at radius 3 is 2.81 bits per heavy atom. The molecule has 0 saturated carbocycles. The van der Waals surface area contributed by atoms with Crippen LogP contribution in [0.5, 0.6) is 0 Å². The second-order valence-electron chi connectivity index (χ2n) is 3.34. The lowest BCUT2D eigenvalue weighted by Crippen LogP contribution is -2.28. The summed E-state index contributed by atoms with van der Waals surface area (Å²) in [5.74, 6) is 0.0171. The van der Waals surface area contributed by atoms with E-state index in [4.69, 9.17) is 6.42 Å². The number of terminal acetylenes is 1. The summed E-state index contributed by atoms with van der Waals surface area (Å²) in [6.07, 6.45) is 4.84. The Hall–Kier alpha value is -1.89. The van der Waals surface area contributed by atoms with Crippen molar-refractivity contribution in [3.05, 3.63) is 35.4 Å². The Balaban J connectivity index is 2.78. The first-order valence-electron chi connectivity index (χ1n) is 4.66. The van der Waals surface area contributed by atoms with Crippen molar-refractivity contribution in [1.29, 1.82) is 0 Å². The third kappa shape index (κ3) is 2.80. The minimum atomic E-state index is -0.982. The average Bonchev–Trinajstić information content (AvgIpc) is 2.25. The molecule has 0 unspecified atom stereocenters. The zero-order chi connectivity index (χ0) is 12.1. The monoisotopic (exact) mass is 223 g/mol. The van der Waals surface area contributed by atoms with Gasteiger partial charge >= 0.3 is 0 Å². The lowest BCUT2D eigenvalue weighted by molar-refractivity contribution is -0.128. The highest BCUT2D eigenvalue weighted by Crippen LogP contribution is 2.12. The summed E-state index contributed by atoms with van der Waals surface area (Å²) < 4.78 is 26.1. The van der Waals surface area contributed by atoms with Crippen LogP contribution in [0.15, 0.2) is 18.2 Å². The van der Waals surface area contributed by atoms with Crippen LogP contribution < -0.4 is 0 Å². The lowest BCUT2D eigenvalue weighted by Gasteiger charge is -2.13. The zero-order valence-electron chi connectivity index (χ0n) is 8.84. The highest BCUT2D eigenvalue weighted by Gasteiger charge is 2.13. The van der Waals surface area contributed by atoms with Crippen LogP contribution in [-0.2, 0) is 11.2 Å². The number of hydrogen-bond donors (Lipinski definition) is 0. The van der Waals surface area contributed by atoms with Crippen molar-refractivity contribution in [3.63, 3.8) is 0 Å². The normalized spacial score (nSPS) is 9.62. The highest BCUT2D eigenvalue weighted by atomic mass is 19.2. The van der Waals surface area contributed by atoms with Crippen molar-refractivity contribution >= 4 is 5.91 Å². The average molecular weight is 223 g/mol. The molecule has 0 N–H and O–H groups in total. The third-order valence-electron chi connectivity index (χ3n) is 2.13. The molecule has 84 valence electrons. The van der Waals surface area contributed by atoms with E-state index in [-0.39, 0.29) is 24.4 Å².